The van der Waals surface area contributed by atoms with E-state index >= 15 is 4.39 Å². The van der Waals surface area contributed by atoms with E-state index < -0.39 is 22.1 Å². The van der Waals surface area contributed by atoms with E-state index in [9.17, 15) is 9.18 Å². The number of hydrogen-bond acceptors (Lipinski definition) is 3. The number of ether oxygens (including phenoxy) is 1. The Morgan fingerprint density at radius 1 is 1.20 bits per heavy atom. The van der Waals surface area contributed by atoms with Crippen molar-refractivity contribution in [3.8, 4) is 0 Å². The number of nitrogens with zero attached hydrogens (tertiary/aromatic N) is 1. The SMILES string of the molecule is CC(C)(C)OC(=O)N1CCC(F)(C(C)(C)Sc2cccc(F)c2)CC1. The molecule has 1 amide bonds. The molecule has 1 aliphatic heterocycles. The molecule has 1 fully saturated rings. The molecule has 140 valence electrons. The molecular formula is C19H27F2NO2S. The Bertz CT molecular complexity index is 620. The second-order valence-corrected chi connectivity index (χ2v) is 9.70. The van der Waals surface area contributed by atoms with Gasteiger partial charge in [-0.3, -0.25) is 0 Å². The molecule has 3 nitrogen and oxygen atoms in total. The summed E-state index contributed by atoms with van der Waals surface area (Å²) in [6, 6.07) is 6.21. The molecule has 2 rings (SSSR count). The quantitative estimate of drug-likeness (QED) is 0.663. The molecule has 1 heterocycles. The van der Waals surface area contributed by atoms with Crippen LogP contribution < -0.4 is 0 Å². The molecule has 0 bridgehead atoms. The highest BCUT2D eigenvalue weighted by Gasteiger charge is 2.49. The smallest absolute Gasteiger partial charge is 0.410 e. The van der Waals surface area contributed by atoms with Gasteiger partial charge < -0.3 is 9.64 Å². The molecule has 1 aromatic rings. The number of thioether (sulfide) groups is 1. The van der Waals surface area contributed by atoms with E-state index in [1.807, 2.05) is 34.6 Å². The third kappa shape index (κ3) is 5.09. The first kappa shape index (κ1) is 20.0. The monoisotopic (exact) mass is 371 g/mol. The van der Waals surface area contributed by atoms with Crippen LogP contribution in [0.2, 0.25) is 0 Å². The summed E-state index contributed by atoms with van der Waals surface area (Å²) in [5, 5.41) is 0. The Balaban J connectivity index is 2.01. The van der Waals surface area contributed by atoms with Gasteiger partial charge in [0.25, 0.3) is 0 Å². The Morgan fingerprint density at radius 2 is 1.80 bits per heavy atom. The molecule has 0 radical (unpaired) electrons. The van der Waals surface area contributed by atoms with Gasteiger partial charge in [-0.15, -0.1) is 11.8 Å². The molecule has 25 heavy (non-hydrogen) atoms. The van der Waals surface area contributed by atoms with Crippen molar-refractivity contribution in [3.63, 3.8) is 0 Å². The van der Waals surface area contributed by atoms with Gasteiger partial charge in [-0.1, -0.05) is 6.07 Å². The Labute approximate surface area is 153 Å². The van der Waals surface area contributed by atoms with E-state index in [4.69, 9.17) is 4.74 Å². The van der Waals surface area contributed by atoms with Crippen molar-refractivity contribution >= 4 is 17.9 Å². The third-order valence-electron chi connectivity index (χ3n) is 4.46. The standard InChI is InChI=1S/C19H27F2NO2S/c1-17(2,3)24-16(23)22-11-9-19(21,10-12-22)18(4,5)25-15-8-6-7-14(20)13-15/h6-8,13H,9-12H2,1-5H3. The molecule has 0 aliphatic carbocycles. The number of benzene rings is 1. The minimum Gasteiger partial charge on any atom is -0.444 e. The van der Waals surface area contributed by atoms with Gasteiger partial charge in [0.15, 0.2) is 0 Å². The van der Waals surface area contributed by atoms with Crippen LogP contribution >= 0.6 is 11.8 Å². The number of alkyl halides is 1. The second-order valence-electron chi connectivity index (χ2n) is 8.00. The van der Waals surface area contributed by atoms with Crippen molar-refractivity contribution in [1.29, 1.82) is 0 Å². The summed E-state index contributed by atoms with van der Waals surface area (Å²) >= 11 is 1.34. The van der Waals surface area contributed by atoms with Crippen LogP contribution in [-0.2, 0) is 4.74 Å². The zero-order valence-electron chi connectivity index (χ0n) is 15.6. The summed E-state index contributed by atoms with van der Waals surface area (Å²) in [7, 11) is 0. The number of halogens is 2. The van der Waals surface area contributed by atoms with Crippen molar-refractivity contribution in [2.45, 2.75) is 68.4 Å². The third-order valence-corrected chi connectivity index (χ3v) is 5.82. The van der Waals surface area contributed by atoms with E-state index in [1.54, 1.807) is 17.0 Å². The fraction of sp³-hybridized carbons (Fsp3) is 0.632. The minimum atomic E-state index is -1.44. The van der Waals surface area contributed by atoms with Crippen molar-refractivity contribution in [2.24, 2.45) is 0 Å². The molecule has 1 aliphatic rings. The van der Waals surface area contributed by atoms with E-state index in [-0.39, 0.29) is 18.7 Å². The molecule has 0 unspecified atom stereocenters. The fourth-order valence-corrected chi connectivity index (χ4v) is 4.18. The molecule has 0 atom stereocenters. The summed E-state index contributed by atoms with van der Waals surface area (Å²) in [4.78, 5) is 14.4. The highest BCUT2D eigenvalue weighted by atomic mass is 32.2. The van der Waals surface area contributed by atoms with Gasteiger partial charge in [-0.05, 0) is 52.8 Å². The molecular weight excluding hydrogens is 344 g/mol. The Morgan fingerprint density at radius 3 is 2.32 bits per heavy atom. The molecule has 0 N–H and O–H groups in total. The number of carbonyl (C=O) groups excluding carboxylic acids is 1. The molecule has 1 aromatic carbocycles. The first-order chi connectivity index (χ1) is 11.4. The maximum atomic E-state index is 15.6. The number of carbonyl (C=O) groups is 1. The van der Waals surface area contributed by atoms with Crippen LogP contribution in [0.25, 0.3) is 0 Å². The molecule has 0 saturated carbocycles. The lowest BCUT2D eigenvalue weighted by atomic mass is 9.82. The predicted octanol–water partition coefficient (Wildman–Crippen LogP) is 5.44. The number of likely N-dealkylation sites (tertiary alicyclic amines) is 1. The Hall–Kier alpha value is -1.30. The Kier molecular flexibility index (Phi) is 5.71. The van der Waals surface area contributed by atoms with Gasteiger partial charge in [-0.25, -0.2) is 13.6 Å². The van der Waals surface area contributed by atoms with Crippen LogP contribution in [0.5, 0.6) is 0 Å². The van der Waals surface area contributed by atoms with Crippen LogP contribution in [0.4, 0.5) is 13.6 Å². The van der Waals surface area contributed by atoms with E-state index in [2.05, 4.69) is 0 Å². The second kappa shape index (κ2) is 7.14. The average Bonchev–Trinajstić information content (AvgIpc) is 2.45. The zero-order valence-corrected chi connectivity index (χ0v) is 16.4. The number of rotatable bonds is 3. The largest absolute Gasteiger partial charge is 0.444 e. The first-order valence-corrected chi connectivity index (χ1v) is 9.35. The topological polar surface area (TPSA) is 29.5 Å². The number of amides is 1. The predicted molar refractivity (Wildman–Crippen MR) is 97.2 cm³/mol. The van der Waals surface area contributed by atoms with Crippen LogP contribution in [0, 0.1) is 5.82 Å². The summed E-state index contributed by atoms with van der Waals surface area (Å²) in [6.45, 7) is 9.75. The van der Waals surface area contributed by atoms with Gasteiger partial charge in [0, 0.05) is 35.6 Å². The average molecular weight is 371 g/mol. The highest BCUT2D eigenvalue weighted by Crippen LogP contribution is 2.47. The minimum absolute atomic E-state index is 0.238. The van der Waals surface area contributed by atoms with Crippen LogP contribution in [0.15, 0.2) is 29.2 Å². The van der Waals surface area contributed by atoms with Gasteiger partial charge in [0.1, 0.15) is 17.1 Å². The highest BCUT2D eigenvalue weighted by molar-refractivity contribution is 8.00. The first-order valence-electron chi connectivity index (χ1n) is 8.53. The lowest BCUT2D eigenvalue weighted by Crippen LogP contribution is -2.53. The van der Waals surface area contributed by atoms with Crippen LogP contribution in [0.1, 0.15) is 47.5 Å². The maximum Gasteiger partial charge on any atom is 0.410 e. The summed E-state index contributed by atoms with van der Waals surface area (Å²) in [5.74, 6) is -0.326. The number of piperidine rings is 1. The van der Waals surface area contributed by atoms with E-state index in [0.29, 0.717) is 18.0 Å². The lowest BCUT2D eigenvalue weighted by molar-refractivity contribution is -0.00395. The fourth-order valence-electron chi connectivity index (χ4n) is 2.89. The van der Waals surface area contributed by atoms with E-state index in [0.717, 1.165) is 0 Å². The number of hydrogen-bond donors (Lipinski definition) is 0. The van der Waals surface area contributed by atoms with Gasteiger partial charge >= 0.3 is 6.09 Å². The summed E-state index contributed by atoms with van der Waals surface area (Å²) in [6.07, 6.45) is 0.0773. The summed E-state index contributed by atoms with van der Waals surface area (Å²) in [5.41, 5.74) is -2.00. The van der Waals surface area contributed by atoms with E-state index in [1.165, 1.54) is 23.9 Å². The lowest BCUT2D eigenvalue weighted by Gasteiger charge is -2.45. The van der Waals surface area contributed by atoms with Crippen molar-refractivity contribution in [3.05, 3.63) is 30.1 Å². The van der Waals surface area contributed by atoms with Gasteiger partial charge in [0.2, 0.25) is 0 Å². The van der Waals surface area contributed by atoms with Crippen LogP contribution in [-0.4, -0.2) is 40.1 Å². The zero-order chi connectivity index (χ0) is 18.9. The van der Waals surface area contributed by atoms with Crippen molar-refractivity contribution in [1.82, 2.24) is 4.90 Å². The van der Waals surface area contributed by atoms with Gasteiger partial charge in [-0.2, -0.15) is 0 Å². The maximum absolute atomic E-state index is 15.6. The molecule has 6 heteroatoms. The molecule has 0 aromatic heterocycles. The van der Waals surface area contributed by atoms with Gasteiger partial charge in [0.05, 0.1) is 0 Å². The van der Waals surface area contributed by atoms with Crippen molar-refractivity contribution in [2.75, 3.05) is 13.1 Å². The molecule has 1 saturated heterocycles. The summed E-state index contributed by atoms with van der Waals surface area (Å²) < 4.78 is 33.6. The molecule has 0 spiro atoms. The van der Waals surface area contributed by atoms with Crippen molar-refractivity contribution < 1.29 is 18.3 Å². The normalized spacial score (nSPS) is 18.1. The van der Waals surface area contributed by atoms with Crippen LogP contribution in [0.3, 0.4) is 0 Å².